The van der Waals surface area contributed by atoms with Crippen LogP contribution in [0.4, 0.5) is 0 Å². The number of nitrogens with zero attached hydrogens (tertiary/aromatic N) is 1. The number of aromatic nitrogens is 1. The lowest BCUT2D eigenvalue weighted by atomic mass is 10.5. The molecule has 4 nitrogen and oxygen atoms in total. The van der Waals surface area contributed by atoms with Gasteiger partial charge in [-0.05, 0) is 11.4 Å². The summed E-state index contributed by atoms with van der Waals surface area (Å²) in [5, 5.41) is 4.56. The van der Waals surface area contributed by atoms with Crippen molar-refractivity contribution in [3.63, 3.8) is 0 Å². The van der Waals surface area contributed by atoms with Gasteiger partial charge in [0, 0.05) is 24.5 Å². The Kier molecular flexibility index (Phi) is 3.70. The van der Waals surface area contributed by atoms with Crippen LogP contribution < -0.4 is 4.72 Å². The van der Waals surface area contributed by atoms with Gasteiger partial charge in [0.05, 0.1) is 5.01 Å². The summed E-state index contributed by atoms with van der Waals surface area (Å²) in [7, 11) is -3.32. The van der Waals surface area contributed by atoms with Crippen molar-refractivity contribution in [2.24, 2.45) is 0 Å². The number of thiazole rings is 1. The molecule has 0 saturated carbocycles. The molecule has 2 aromatic rings. The van der Waals surface area contributed by atoms with Crippen LogP contribution in [0.5, 0.6) is 0 Å². The van der Waals surface area contributed by atoms with Crippen molar-refractivity contribution in [1.82, 2.24) is 9.71 Å². The standard InChI is InChI=1S/C9H10N2O2S3/c12-16(13,9-2-1-6-15-9)11-4-3-8-10-5-7-14-8/h1-2,5-7,11H,3-4H2. The van der Waals surface area contributed by atoms with E-state index in [9.17, 15) is 8.42 Å². The quantitative estimate of drug-likeness (QED) is 0.903. The number of thiophene rings is 1. The molecule has 2 rings (SSSR count). The van der Waals surface area contributed by atoms with Crippen molar-refractivity contribution < 1.29 is 8.42 Å². The van der Waals surface area contributed by atoms with Crippen molar-refractivity contribution >= 4 is 32.7 Å². The average molecular weight is 274 g/mol. The normalized spacial score (nSPS) is 11.8. The van der Waals surface area contributed by atoms with Gasteiger partial charge in [0.25, 0.3) is 0 Å². The number of hydrogen-bond donors (Lipinski definition) is 1. The molecule has 0 saturated heterocycles. The molecule has 0 aliphatic carbocycles. The minimum absolute atomic E-state index is 0.353. The summed E-state index contributed by atoms with van der Waals surface area (Å²) in [5.41, 5.74) is 0. The SMILES string of the molecule is O=S(=O)(NCCc1nccs1)c1cccs1. The third-order valence-electron chi connectivity index (χ3n) is 1.87. The lowest BCUT2D eigenvalue weighted by Crippen LogP contribution is -2.25. The van der Waals surface area contributed by atoms with E-state index in [0.717, 1.165) is 5.01 Å². The first-order valence-electron chi connectivity index (χ1n) is 4.60. The zero-order valence-corrected chi connectivity index (χ0v) is 10.7. The van der Waals surface area contributed by atoms with Gasteiger partial charge in [-0.2, -0.15) is 0 Å². The van der Waals surface area contributed by atoms with Gasteiger partial charge in [-0.15, -0.1) is 22.7 Å². The van der Waals surface area contributed by atoms with Crippen molar-refractivity contribution in [3.8, 4) is 0 Å². The molecule has 86 valence electrons. The second-order valence-corrected chi connectivity index (χ2v) is 6.93. The van der Waals surface area contributed by atoms with Crippen LogP contribution in [0.2, 0.25) is 0 Å². The minimum atomic E-state index is -3.32. The van der Waals surface area contributed by atoms with Crippen LogP contribution >= 0.6 is 22.7 Å². The molecule has 1 N–H and O–H groups in total. The van der Waals surface area contributed by atoms with Gasteiger partial charge in [-0.1, -0.05) is 6.07 Å². The molecule has 0 aliphatic rings. The summed E-state index contributed by atoms with van der Waals surface area (Å²) in [5.74, 6) is 0. The van der Waals surface area contributed by atoms with Gasteiger partial charge in [0.15, 0.2) is 0 Å². The van der Waals surface area contributed by atoms with Gasteiger partial charge in [-0.3, -0.25) is 0 Å². The Balaban J connectivity index is 1.91. The smallest absolute Gasteiger partial charge is 0.250 e. The molecule has 0 unspecified atom stereocenters. The van der Waals surface area contributed by atoms with Crippen LogP contribution in [0.15, 0.2) is 33.3 Å². The molecule has 0 bridgehead atoms. The van der Waals surface area contributed by atoms with E-state index in [0.29, 0.717) is 17.2 Å². The molecule has 2 aromatic heterocycles. The number of nitrogens with one attached hydrogen (secondary N) is 1. The van der Waals surface area contributed by atoms with Crippen molar-refractivity contribution in [2.45, 2.75) is 10.6 Å². The fraction of sp³-hybridized carbons (Fsp3) is 0.222. The second kappa shape index (κ2) is 5.05. The monoisotopic (exact) mass is 274 g/mol. The Hall–Kier alpha value is -0.760. The predicted octanol–water partition coefficient (Wildman–Crippen LogP) is 1.73. The van der Waals surface area contributed by atoms with E-state index in [1.807, 2.05) is 5.38 Å². The van der Waals surface area contributed by atoms with E-state index in [1.54, 1.807) is 23.7 Å². The number of rotatable bonds is 5. The molecule has 0 radical (unpaired) electrons. The van der Waals surface area contributed by atoms with E-state index in [2.05, 4.69) is 9.71 Å². The van der Waals surface area contributed by atoms with E-state index in [-0.39, 0.29) is 0 Å². The summed E-state index contributed by atoms with van der Waals surface area (Å²) < 4.78 is 26.3. The highest BCUT2D eigenvalue weighted by molar-refractivity contribution is 7.91. The van der Waals surface area contributed by atoms with Gasteiger partial charge < -0.3 is 0 Å². The van der Waals surface area contributed by atoms with Crippen LogP contribution in [0.25, 0.3) is 0 Å². The van der Waals surface area contributed by atoms with E-state index in [4.69, 9.17) is 0 Å². The maximum Gasteiger partial charge on any atom is 0.250 e. The first-order chi connectivity index (χ1) is 7.68. The van der Waals surface area contributed by atoms with Crippen molar-refractivity contribution in [3.05, 3.63) is 34.1 Å². The van der Waals surface area contributed by atoms with Crippen LogP contribution in [0.3, 0.4) is 0 Å². The van der Waals surface area contributed by atoms with Crippen LogP contribution in [0, 0.1) is 0 Å². The molecular formula is C9H10N2O2S3. The second-order valence-electron chi connectivity index (χ2n) is 3.01. The lowest BCUT2D eigenvalue weighted by Gasteiger charge is -2.02. The van der Waals surface area contributed by atoms with Crippen molar-refractivity contribution in [1.29, 1.82) is 0 Å². The van der Waals surface area contributed by atoms with Gasteiger partial charge >= 0.3 is 0 Å². The predicted molar refractivity (Wildman–Crippen MR) is 65.3 cm³/mol. The summed E-state index contributed by atoms with van der Waals surface area (Å²) >= 11 is 2.74. The third kappa shape index (κ3) is 2.88. The molecule has 16 heavy (non-hydrogen) atoms. The lowest BCUT2D eigenvalue weighted by molar-refractivity contribution is 0.583. The first kappa shape index (κ1) is 11.7. The maximum absolute atomic E-state index is 11.7. The Morgan fingerprint density at radius 3 is 2.81 bits per heavy atom. The van der Waals surface area contributed by atoms with E-state index in [1.165, 1.54) is 22.7 Å². The Bertz CT molecular complexity index is 517. The molecule has 0 atom stereocenters. The molecule has 0 fully saturated rings. The van der Waals surface area contributed by atoms with Crippen LogP contribution in [-0.4, -0.2) is 19.9 Å². The number of hydrogen-bond acceptors (Lipinski definition) is 5. The Morgan fingerprint density at radius 2 is 2.19 bits per heavy atom. The average Bonchev–Trinajstić information content (AvgIpc) is 2.90. The summed E-state index contributed by atoms with van der Waals surface area (Å²) in [6.45, 7) is 0.383. The largest absolute Gasteiger partial charge is 0.250 e. The van der Waals surface area contributed by atoms with Gasteiger partial charge in [-0.25, -0.2) is 18.1 Å². The highest BCUT2D eigenvalue weighted by Gasteiger charge is 2.13. The molecule has 0 aromatic carbocycles. The highest BCUT2D eigenvalue weighted by Crippen LogP contribution is 2.15. The molecule has 0 aliphatic heterocycles. The zero-order valence-electron chi connectivity index (χ0n) is 8.29. The first-order valence-corrected chi connectivity index (χ1v) is 7.84. The highest BCUT2D eigenvalue weighted by atomic mass is 32.2. The zero-order chi connectivity index (χ0) is 11.4. The molecule has 7 heteroatoms. The van der Waals surface area contributed by atoms with E-state index < -0.39 is 10.0 Å². The minimum Gasteiger partial charge on any atom is -0.250 e. The maximum atomic E-state index is 11.7. The molecule has 0 amide bonds. The molecule has 2 heterocycles. The molecular weight excluding hydrogens is 264 g/mol. The molecule has 0 spiro atoms. The fourth-order valence-corrected chi connectivity index (χ4v) is 3.85. The summed E-state index contributed by atoms with van der Waals surface area (Å²) in [4.78, 5) is 4.08. The van der Waals surface area contributed by atoms with Crippen LogP contribution in [0.1, 0.15) is 5.01 Å². The number of sulfonamides is 1. The van der Waals surface area contributed by atoms with Crippen LogP contribution in [-0.2, 0) is 16.4 Å². The third-order valence-corrected chi connectivity index (χ3v) is 5.57. The topological polar surface area (TPSA) is 59.1 Å². The van der Waals surface area contributed by atoms with Gasteiger partial charge in [0.2, 0.25) is 10.0 Å². The van der Waals surface area contributed by atoms with Crippen molar-refractivity contribution in [2.75, 3.05) is 6.54 Å². The van der Waals surface area contributed by atoms with E-state index >= 15 is 0 Å². The summed E-state index contributed by atoms with van der Waals surface area (Å²) in [6, 6.07) is 3.32. The Morgan fingerprint density at radius 1 is 1.31 bits per heavy atom. The Labute approximate surface area is 102 Å². The van der Waals surface area contributed by atoms with Gasteiger partial charge in [0.1, 0.15) is 4.21 Å². The fourth-order valence-electron chi connectivity index (χ4n) is 1.16. The summed E-state index contributed by atoms with van der Waals surface area (Å²) in [6.07, 6.45) is 2.34.